The van der Waals surface area contributed by atoms with Crippen molar-refractivity contribution in [1.29, 1.82) is 0 Å². The quantitative estimate of drug-likeness (QED) is 0.0797. The SMILES string of the molecule is CCCCCCCCCCCCCCCCCCCCCCCCCCCCCCCCCc1ccccc1. The van der Waals surface area contributed by atoms with E-state index in [0.717, 1.165) is 0 Å². The predicted molar refractivity (Wildman–Crippen MR) is 179 cm³/mol. The summed E-state index contributed by atoms with van der Waals surface area (Å²) in [6.07, 6.45) is 46.9. The van der Waals surface area contributed by atoms with Crippen molar-refractivity contribution < 1.29 is 0 Å². The molecule has 0 amide bonds. The standard InChI is InChI=1S/C39H72/c1-2-3-4-5-6-7-8-9-10-11-12-13-14-15-16-17-18-19-20-21-22-23-24-25-26-27-28-29-30-31-33-36-39-37-34-32-35-38-39/h32,34-35,37-38H,2-31,33,36H2,1H3. The lowest BCUT2D eigenvalue weighted by molar-refractivity contribution is 0.512. The fraction of sp³-hybridized carbons (Fsp3) is 0.846. The molecule has 0 radical (unpaired) electrons. The van der Waals surface area contributed by atoms with Gasteiger partial charge in [-0.1, -0.05) is 230 Å². The Labute approximate surface area is 247 Å². The molecule has 0 aliphatic rings. The Hall–Kier alpha value is -0.780. The predicted octanol–water partition coefficient (Wildman–Crippen LogP) is 14.3. The van der Waals surface area contributed by atoms with E-state index in [9.17, 15) is 0 Å². The molecule has 0 aromatic heterocycles. The molecular weight excluding hydrogens is 468 g/mol. The summed E-state index contributed by atoms with van der Waals surface area (Å²) in [5.41, 5.74) is 1.51. The minimum absolute atomic E-state index is 1.26. The minimum Gasteiger partial charge on any atom is -0.0654 e. The van der Waals surface area contributed by atoms with Crippen molar-refractivity contribution in [3.63, 3.8) is 0 Å². The van der Waals surface area contributed by atoms with Crippen molar-refractivity contribution in [3.05, 3.63) is 35.9 Å². The highest BCUT2D eigenvalue weighted by Crippen LogP contribution is 2.17. The monoisotopic (exact) mass is 541 g/mol. The maximum Gasteiger partial charge on any atom is -0.0279 e. The lowest BCUT2D eigenvalue weighted by atomic mass is 10.0. The highest BCUT2D eigenvalue weighted by molar-refractivity contribution is 5.14. The van der Waals surface area contributed by atoms with Crippen molar-refractivity contribution in [1.82, 2.24) is 0 Å². The first-order chi connectivity index (χ1) is 19.4. The Kier molecular flexibility index (Phi) is 29.5. The van der Waals surface area contributed by atoms with Gasteiger partial charge in [-0.3, -0.25) is 0 Å². The minimum atomic E-state index is 1.26. The molecule has 0 nitrogen and oxygen atoms in total. The zero-order chi connectivity index (χ0) is 27.7. The molecular formula is C39H72. The summed E-state index contributed by atoms with van der Waals surface area (Å²) in [7, 11) is 0. The third-order valence-corrected chi connectivity index (χ3v) is 8.91. The van der Waals surface area contributed by atoms with Gasteiger partial charge in [0.05, 0.1) is 0 Å². The second-order valence-electron chi connectivity index (χ2n) is 12.8. The van der Waals surface area contributed by atoms with Crippen molar-refractivity contribution in [2.24, 2.45) is 0 Å². The third-order valence-electron chi connectivity index (χ3n) is 8.91. The van der Waals surface area contributed by atoms with Gasteiger partial charge < -0.3 is 0 Å². The number of hydrogen-bond acceptors (Lipinski definition) is 0. The number of unbranched alkanes of at least 4 members (excludes halogenated alkanes) is 30. The van der Waals surface area contributed by atoms with E-state index in [2.05, 4.69) is 37.3 Å². The van der Waals surface area contributed by atoms with Gasteiger partial charge in [-0.15, -0.1) is 0 Å². The van der Waals surface area contributed by atoms with E-state index in [-0.39, 0.29) is 0 Å². The first-order valence-electron chi connectivity index (χ1n) is 18.5. The Morgan fingerprint density at radius 3 is 0.769 bits per heavy atom. The fourth-order valence-electron chi connectivity index (χ4n) is 6.17. The molecule has 228 valence electrons. The molecule has 39 heavy (non-hydrogen) atoms. The van der Waals surface area contributed by atoms with E-state index in [4.69, 9.17) is 0 Å². The molecule has 1 aromatic rings. The Balaban J connectivity index is 1.62. The topological polar surface area (TPSA) is 0 Å². The Bertz CT molecular complexity index is 546. The summed E-state index contributed by atoms with van der Waals surface area (Å²) in [5.74, 6) is 0. The number of aryl methyl sites for hydroxylation is 1. The van der Waals surface area contributed by atoms with Crippen LogP contribution in [-0.4, -0.2) is 0 Å². The molecule has 1 rings (SSSR count). The summed E-state index contributed by atoms with van der Waals surface area (Å²) in [6, 6.07) is 11.0. The first-order valence-corrected chi connectivity index (χ1v) is 18.5. The molecule has 0 heterocycles. The van der Waals surface area contributed by atoms with E-state index in [0.29, 0.717) is 0 Å². The number of benzene rings is 1. The molecule has 0 aliphatic carbocycles. The van der Waals surface area contributed by atoms with Crippen molar-refractivity contribution in [2.75, 3.05) is 0 Å². The van der Waals surface area contributed by atoms with Crippen LogP contribution in [0, 0.1) is 0 Å². The molecule has 0 unspecified atom stereocenters. The van der Waals surface area contributed by atoms with Gasteiger partial charge in [-0.25, -0.2) is 0 Å². The van der Waals surface area contributed by atoms with E-state index in [1.54, 1.807) is 0 Å². The molecule has 0 heteroatoms. The van der Waals surface area contributed by atoms with Crippen LogP contribution in [0.15, 0.2) is 30.3 Å². The zero-order valence-electron chi connectivity index (χ0n) is 27.0. The van der Waals surface area contributed by atoms with Crippen LogP contribution >= 0.6 is 0 Å². The molecule has 0 saturated heterocycles. The van der Waals surface area contributed by atoms with Crippen molar-refractivity contribution in [2.45, 2.75) is 212 Å². The second kappa shape index (κ2) is 31.7. The van der Waals surface area contributed by atoms with Crippen LogP contribution in [-0.2, 0) is 6.42 Å². The van der Waals surface area contributed by atoms with E-state index in [1.165, 1.54) is 211 Å². The van der Waals surface area contributed by atoms with Gasteiger partial charge >= 0.3 is 0 Å². The molecule has 0 saturated carbocycles. The molecule has 0 bridgehead atoms. The maximum absolute atomic E-state index is 2.31. The van der Waals surface area contributed by atoms with Gasteiger partial charge in [0.2, 0.25) is 0 Å². The van der Waals surface area contributed by atoms with Crippen LogP contribution in [0.3, 0.4) is 0 Å². The van der Waals surface area contributed by atoms with Gasteiger partial charge in [-0.05, 0) is 18.4 Å². The summed E-state index contributed by atoms with van der Waals surface area (Å²) < 4.78 is 0. The molecule has 0 atom stereocenters. The van der Waals surface area contributed by atoms with Crippen molar-refractivity contribution in [3.8, 4) is 0 Å². The van der Waals surface area contributed by atoms with Crippen LogP contribution in [0.1, 0.15) is 212 Å². The van der Waals surface area contributed by atoms with Gasteiger partial charge in [0.15, 0.2) is 0 Å². The Morgan fingerprint density at radius 1 is 0.282 bits per heavy atom. The zero-order valence-corrected chi connectivity index (χ0v) is 27.0. The van der Waals surface area contributed by atoms with E-state index >= 15 is 0 Å². The first kappa shape index (κ1) is 36.2. The van der Waals surface area contributed by atoms with Crippen LogP contribution in [0.4, 0.5) is 0 Å². The van der Waals surface area contributed by atoms with E-state index in [1.807, 2.05) is 0 Å². The highest BCUT2D eigenvalue weighted by atomic mass is 14.0. The molecule has 0 aliphatic heterocycles. The average molecular weight is 541 g/mol. The van der Waals surface area contributed by atoms with Crippen LogP contribution in [0.5, 0.6) is 0 Å². The van der Waals surface area contributed by atoms with Gasteiger partial charge in [0, 0.05) is 0 Å². The van der Waals surface area contributed by atoms with Gasteiger partial charge in [-0.2, -0.15) is 0 Å². The molecule has 0 N–H and O–H groups in total. The molecule has 0 spiro atoms. The molecule has 1 aromatic carbocycles. The van der Waals surface area contributed by atoms with Gasteiger partial charge in [0.25, 0.3) is 0 Å². The van der Waals surface area contributed by atoms with Crippen molar-refractivity contribution >= 4 is 0 Å². The summed E-state index contributed by atoms with van der Waals surface area (Å²) in [5, 5.41) is 0. The number of rotatable bonds is 32. The molecule has 0 fully saturated rings. The maximum atomic E-state index is 2.31. The van der Waals surface area contributed by atoms with Crippen LogP contribution in [0.2, 0.25) is 0 Å². The van der Waals surface area contributed by atoms with Gasteiger partial charge in [0.1, 0.15) is 0 Å². The summed E-state index contributed by atoms with van der Waals surface area (Å²) in [6.45, 7) is 2.31. The number of hydrogen-bond donors (Lipinski definition) is 0. The lowest BCUT2D eigenvalue weighted by Crippen LogP contribution is -1.86. The third kappa shape index (κ3) is 28.5. The smallest absolute Gasteiger partial charge is 0.0279 e. The largest absolute Gasteiger partial charge is 0.0654 e. The van der Waals surface area contributed by atoms with Crippen LogP contribution < -0.4 is 0 Å². The highest BCUT2D eigenvalue weighted by Gasteiger charge is 1.97. The second-order valence-corrected chi connectivity index (χ2v) is 12.8. The summed E-state index contributed by atoms with van der Waals surface area (Å²) >= 11 is 0. The lowest BCUT2D eigenvalue weighted by Gasteiger charge is -2.05. The average Bonchev–Trinajstić information content (AvgIpc) is 2.96. The van der Waals surface area contributed by atoms with E-state index < -0.39 is 0 Å². The van der Waals surface area contributed by atoms with Crippen LogP contribution in [0.25, 0.3) is 0 Å². The summed E-state index contributed by atoms with van der Waals surface area (Å²) in [4.78, 5) is 0. The Morgan fingerprint density at radius 2 is 0.513 bits per heavy atom. The fourth-order valence-corrected chi connectivity index (χ4v) is 6.17. The normalized spacial score (nSPS) is 11.4.